The molecule has 1 rings (SSSR count). The molecule has 0 fully saturated rings. The summed E-state index contributed by atoms with van der Waals surface area (Å²) < 4.78 is 26.7. The van der Waals surface area contributed by atoms with Gasteiger partial charge in [-0.25, -0.2) is 13.1 Å². The Morgan fingerprint density at radius 1 is 1.24 bits per heavy atom. The predicted octanol–water partition coefficient (Wildman–Crippen LogP) is 1.46. The van der Waals surface area contributed by atoms with Crippen molar-refractivity contribution in [3.05, 3.63) is 34.4 Å². The zero-order valence-electron chi connectivity index (χ0n) is 14.2. The lowest BCUT2D eigenvalue weighted by Crippen LogP contribution is -2.41. The van der Waals surface area contributed by atoms with Crippen LogP contribution in [0, 0.1) is 10.1 Å². The van der Waals surface area contributed by atoms with Gasteiger partial charge in [0.25, 0.3) is 5.69 Å². The second-order valence-corrected chi connectivity index (χ2v) is 6.61. The summed E-state index contributed by atoms with van der Waals surface area (Å²) in [5, 5.41) is 16.8. The molecule has 0 atom stereocenters. The molecule has 0 saturated heterocycles. The highest BCUT2D eigenvalue weighted by Crippen LogP contribution is 2.16. The fourth-order valence-electron chi connectivity index (χ4n) is 1.78. The summed E-state index contributed by atoms with van der Waals surface area (Å²) in [4.78, 5) is 14.3. The van der Waals surface area contributed by atoms with Crippen LogP contribution in [0.15, 0.2) is 34.2 Å². The molecule has 3 N–H and O–H groups in total. The van der Waals surface area contributed by atoms with Gasteiger partial charge in [0.05, 0.1) is 9.82 Å². The highest BCUT2D eigenvalue weighted by atomic mass is 127. The van der Waals surface area contributed by atoms with Crippen LogP contribution in [0.2, 0.25) is 0 Å². The van der Waals surface area contributed by atoms with Crippen LogP contribution in [0.3, 0.4) is 0 Å². The van der Waals surface area contributed by atoms with E-state index in [-0.39, 0.29) is 41.1 Å². The van der Waals surface area contributed by atoms with Crippen LogP contribution in [-0.4, -0.2) is 45.5 Å². The SMILES string of the molecule is CCCN=C(NCC)NCCNS(=O)(=O)c1cccc([N+](=O)[O-])c1.I. The number of rotatable bonds is 9. The van der Waals surface area contributed by atoms with E-state index in [0.29, 0.717) is 25.6 Å². The number of nitrogens with zero attached hydrogens (tertiary/aromatic N) is 2. The van der Waals surface area contributed by atoms with Gasteiger partial charge in [-0.1, -0.05) is 13.0 Å². The molecule has 0 radical (unpaired) electrons. The maximum absolute atomic E-state index is 12.1. The van der Waals surface area contributed by atoms with Gasteiger partial charge >= 0.3 is 0 Å². The second kappa shape index (κ2) is 12.0. The number of halogens is 1. The van der Waals surface area contributed by atoms with Crippen molar-refractivity contribution in [2.24, 2.45) is 4.99 Å². The average Bonchev–Trinajstić information content (AvgIpc) is 2.56. The average molecular weight is 485 g/mol. The molecule has 0 aliphatic rings. The minimum atomic E-state index is -3.80. The van der Waals surface area contributed by atoms with Crippen molar-refractivity contribution in [3.63, 3.8) is 0 Å². The Balaban J connectivity index is 0.00000576. The molecule has 0 aliphatic heterocycles. The number of hydrogen-bond donors (Lipinski definition) is 3. The molecule has 0 unspecified atom stereocenters. The van der Waals surface area contributed by atoms with E-state index in [1.54, 1.807) is 0 Å². The van der Waals surface area contributed by atoms with Crippen molar-refractivity contribution < 1.29 is 13.3 Å². The summed E-state index contributed by atoms with van der Waals surface area (Å²) in [6.45, 7) is 5.80. The molecule has 0 aliphatic carbocycles. The standard InChI is InChI=1S/C14H23N5O4S.HI/c1-3-8-16-14(15-4-2)17-9-10-18-24(22,23)13-7-5-6-12(11-13)19(20)21;/h5-7,11,18H,3-4,8-10H2,1-2H3,(H2,15,16,17);1H. The normalized spacial score (nSPS) is 11.5. The van der Waals surface area contributed by atoms with Crippen LogP contribution >= 0.6 is 24.0 Å². The minimum absolute atomic E-state index is 0. The van der Waals surface area contributed by atoms with Gasteiger partial charge in [-0.15, -0.1) is 24.0 Å². The Morgan fingerprint density at radius 2 is 1.96 bits per heavy atom. The number of nitro benzene ring substituents is 1. The lowest BCUT2D eigenvalue weighted by atomic mass is 10.3. The molecular weight excluding hydrogens is 461 g/mol. The van der Waals surface area contributed by atoms with Crippen LogP contribution < -0.4 is 15.4 Å². The second-order valence-electron chi connectivity index (χ2n) is 4.84. The maximum Gasteiger partial charge on any atom is 0.270 e. The largest absolute Gasteiger partial charge is 0.357 e. The molecule has 1 aromatic rings. The highest BCUT2D eigenvalue weighted by Gasteiger charge is 2.16. The van der Waals surface area contributed by atoms with E-state index < -0.39 is 14.9 Å². The van der Waals surface area contributed by atoms with Gasteiger partial charge < -0.3 is 10.6 Å². The fourth-order valence-corrected chi connectivity index (χ4v) is 2.85. The van der Waals surface area contributed by atoms with E-state index in [0.717, 1.165) is 12.5 Å². The molecule has 0 spiro atoms. The third kappa shape index (κ3) is 8.45. The van der Waals surface area contributed by atoms with Crippen molar-refractivity contribution in [2.45, 2.75) is 25.2 Å². The number of nitro groups is 1. The number of sulfonamides is 1. The number of non-ortho nitro benzene ring substituents is 1. The Kier molecular flexibility index (Phi) is 11.3. The summed E-state index contributed by atoms with van der Waals surface area (Å²) in [5.74, 6) is 0.619. The van der Waals surface area contributed by atoms with Gasteiger partial charge in [0.15, 0.2) is 5.96 Å². The van der Waals surface area contributed by atoms with E-state index in [1.807, 2.05) is 13.8 Å². The van der Waals surface area contributed by atoms with Crippen molar-refractivity contribution >= 4 is 45.6 Å². The summed E-state index contributed by atoms with van der Waals surface area (Å²) in [6.07, 6.45) is 0.913. The fraction of sp³-hybridized carbons (Fsp3) is 0.500. The first kappa shape index (κ1) is 23.5. The Bertz CT molecular complexity index is 682. The molecule has 9 nitrogen and oxygen atoms in total. The van der Waals surface area contributed by atoms with E-state index >= 15 is 0 Å². The zero-order valence-corrected chi connectivity index (χ0v) is 17.3. The van der Waals surface area contributed by atoms with Gasteiger partial charge in [-0.3, -0.25) is 15.1 Å². The lowest BCUT2D eigenvalue weighted by Gasteiger charge is -2.12. The van der Waals surface area contributed by atoms with Crippen LogP contribution in [0.5, 0.6) is 0 Å². The van der Waals surface area contributed by atoms with Gasteiger partial charge in [0, 0.05) is 38.3 Å². The summed E-state index contributed by atoms with van der Waals surface area (Å²) >= 11 is 0. The molecule has 0 aromatic heterocycles. The Morgan fingerprint density at radius 3 is 2.56 bits per heavy atom. The Hall–Kier alpha value is -1.47. The summed E-state index contributed by atoms with van der Waals surface area (Å²) in [6, 6.07) is 4.93. The monoisotopic (exact) mass is 485 g/mol. The quantitative estimate of drug-likeness (QED) is 0.121. The van der Waals surface area contributed by atoms with Crippen LogP contribution in [0.4, 0.5) is 5.69 Å². The zero-order chi connectivity index (χ0) is 18.0. The highest BCUT2D eigenvalue weighted by molar-refractivity contribution is 14.0. The molecule has 142 valence electrons. The summed E-state index contributed by atoms with van der Waals surface area (Å²) in [5.41, 5.74) is -0.267. The molecule has 11 heteroatoms. The van der Waals surface area contributed by atoms with E-state index in [1.165, 1.54) is 18.2 Å². The van der Waals surface area contributed by atoms with Crippen LogP contribution in [-0.2, 0) is 10.0 Å². The number of aliphatic imine (C=N–C) groups is 1. The van der Waals surface area contributed by atoms with Crippen LogP contribution in [0.25, 0.3) is 0 Å². The first-order valence-electron chi connectivity index (χ1n) is 7.67. The van der Waals surface area contributed by atoms with Crippen LogP contribution in [0.1, 0.15) is 20.3 Å². The molecule has 0 heterocycles. The van der Waals surface area contributed by atoms with Crippen molar-refractivity contribution in [1.82, 2.24) is 15.4 Å². The molecule has 1 aromatic carbocycles. The minimum Gasteiger partial charge on any atom is -0.357 e. The van der Waals surface area contributed by atoms with Gasteiger partial charge in [0.1, 0.15) is 0 Å². The number of nitrogens with one attached hydrogen (secondary N) is 3. The molecular formula is C14H24IN5O4S. The van der Waals surface area contributed by atoms with E-state index in [4.69, 9.17) is 0 Å². The van der Waals surface area contributed by atoms with E-state index in [2.05, 4.69) is 20.3 Å². The smallest absolute Gasteiger partial charge is 0.270 e. The molecule has 0 amide bonds. The van der Waals surface area contributed by atoms with Crippen molar-refractivity contribution in [2.75, 3.05) is 26.2 Å². The van der Waals surface area contributed by atoms with Crippen molar-refractivity contribution in [1.29, 1.82) is 0 Å². The number of hydrogen-bond acceptors (Lipinski definition) is 5. The molecule has 0 bridgehead atoms. The molecule has 0 saturated carbocycles. The first-order chi connectivity index (χ1) is 11.4. The van der Waals surface area contributed by atoms with E-state index in [9.17, 15) is 18.5 Å². The summed E-state index contributed by atoms with van der Waals surface area (Å²) in [7, 11) is -3.80. The van der Waals surface area contributed by atoms with Crippen molar-refractivity contribution in [3.8, 4) is 0 Å². The third-order valence-electron chi connectivity index (χ3n) is 2.89. The molecule has 25 heavy (non-hydrogen) atoms. The van der Waals surface area contributed by atoms with Gasteiger partial charge in [0.2, 0.25) is 10.0 Å². The number of benzene rings is 1. The number of guanidine groups is 1. The first-order valence-corrected chi connectivity index (χ1v) is 9.15. The van der Waals surface area contributed by atoms with Gasteiger partial charge in [-0.05, 0) is 19.4 Å². The Labute approximate surface area is 164 Å². The topological polar surface area (TPSA) is 126 Å². The maximum atomic E-state index is 12.1. The third-order valence-corrected chi connectivity index (χ3v) is 4.34. The predicted molar refractivity (Wildman–Crippen MR) is 108 cm³/mol. The van der Waals surface area contributed by atoms with Gasteiger partial charge in [-0.2, -0.15) is 0 Å². The lowest BCUT2D eigenvalue weighted by molar-refractivity contribution is -0.385.